The van der Waals surface area contributed by atoms with Gasteiger partial charge >= 0.3 is 11.6 Å². The molecule has 1 saturated carbocycles. The highest BCUT2D eigenvalue weighted by molar-refractivity contribution is 5.46. The quantitative estimate of drug-likeness (QED) is 0.549. The van der Waals surface area contributed by atoms with E-state index in [1.165, 1.54) is 4.40 Å². The lowest BCUT2D eigenvalue weighted by molar-refractivity contribution is -0.391. The van der Waals surface area contributed by atoms with Gasteiger partial charge in [0.1, 0.15) is 11.9 Å². The van der Waals surface area contributed by atoms with Crippen LogP contribution in [0.4, 0.5) is 5.82 Å². The maximum atomic E-state index is 10.9. The van der Waals surface area contributed by atoms with Crippen LogP contribution in [0.5, 0.6) is 0 Å². The highest BCUT2D eigenvalue weighted by Crippen LogP contribution is 2.43. The van der Waals surface area contributed by atoms with Crippen molar-refractivity contribution in [3.8, 4) is 0 Å². The third-order valence-electron chi connectivity index (χ3n) is 2.54. The fraction of sp³-hybridized carbons (Fsp3) is 0.333. The molecule has 1 aliphatic carbocycles. The molecule has 6 heteroatoms. The fourth-order valence-corrected chi connectivity index (χ4v) is 1.70. The minimum absolute atomic E-state index is 0.0700. The maximum absolute atomic E-state index is 10.9. The van der Waals surface area contributed by atoms with E-state index in [1.54, 1.807) is 18.5 Å². The van der Waals surface area contributed by atoms with E-state index in [-0.39, 0.29) is 16.7 Å². The lowest BCUT2D eigenvalue weighted by Crippen LogP contribution is -1.96. The van der Waals surface area contributed by atoms with Crippen molar-refractivity contribution in [3.63, 3.8) is 0 Å². The second-order valence-corrected chi connectivity index (χ2v) is 3.64. The summed E-state index contributed by atoms with van der Waals surface area (Å²) in [5.41, 5.74) is 0.582. The zero-order chi connectivity index (χ0) is 10.4. The zero-order valence-corrected chi connectivity index (χ0v) is 7.83. The average molecular weight is 204 g/mol. The van der Waals surface area contributed by atoms with Gasteiger partial charge in [0.05, 0.1) is 0 Å². The molecule has 15 heavy (non-hydrogen) atoms. The van der Waals surface area contributed by atoms with Gasteiger partial charge in [-0.15, -0.1) is 0 Å². The van der Waals surface area contributed by atoms with Crippen molar-refractivity contribution in [1.29, 1.82) is 0 Å². The van der Waals surface area contributed by atoms with Gasteiger partial charge in [-0.05, 0) is 23.8 Å². The Morgan fingerprint density at radius 1 is 1.53 bits per heavy atom. The monoisotopic (exact) mass is 204 g/mol. The van der Waals surface area contributed by atoms with Gasteiger partial charge in [0.15, 0.2) is 0 Å². The molecule has 0 aromatic carbocycles. The van der Waals surface area contributed by atoms with Crippen LogP contribution in [0.25, 0.3) is 5.78 Å². The first-order valence-corrected chi connectivity index (χ1v) is 4.75. The molecule has 3 rings (SSSR count). The number of aromatic nitrogens is 3. The summed E-state index contributed by atoms with van der Waals surface area (Å²) in [4.78, 5) is 18.8. The van der Waals surface area contributed by atoms with E-state index >= 15 is 0 Å². The zero-order valence-electron chi connectivity index (χ0n) is 7.83. The fourth-order valence-electron chi connectivity index (χ4n) is 1.70. The predicted octanol–water partition coefficient (Wildman–Crippen LogP) is 1.51. The van der Waals surface area contributed by atoms with Crippen LogP contribution in [0.15, 0.2) is 18.5 Å². The van der Waals surface area contributed by atoms with Crippen molar-refractivity contribution >= 4 is 11.6 Å². The highest BCUT2D eigenvalue weighted by Gasteiger charge is 2.35. The third-order valence-corrected chi connectivity index (χ3v) is 2.54. The Morgan fingerprint density at radius 3 is 3.00 bits per heavy atom. The summed E-state index contributed by atoms with van der Waals surface area (Å²) in [6.07, 6.45) is 5.19. The van der Waals surface area contributed by atoms with Crippen molar-refractivity contribution < 1.29 is 4.92 Å². The van der Waals surface area contributed by atoms with E-state index in [0.717, 1.165) is 12.8 Å². The molecule has 0 radical (unpaired) electrons. The Hall–Kier alpha value is -1.98. The summed E-state index contributed by atoms with van der Waals surface area (Å²) in [5.74, 6) is 0.735. The molecule has 76 valence electrons. The van der Waals surface area contributed by atoms with Crippen molar-refractivity contribution in [1.82, 2.24) is 14.4 Å². The summed E-state index contributed by atoms with van der Waals surface area (Å²) < 4.78 is 1.44. The molecular weight excluding hydrogens is 196 g/mol. The van der Waals surface area contributed by atoms with Crippen LogP contribution in [0.3, 0.4) is 0 Å². The molecule has 0 unspecified atom stereocenters. The lowest BCUT2D eigenvalue weighted by atomic mass is 10.3. The minimum Gasteiger partial charge on any atom is -0.358 e. The summed E-state index contributed by atoms with van der Waals surface area (Å²) in [7, 11) is 0. The van der Waals surface area contributed by atoms with Gasteiger partial charge in [-0.1, -0.05) is 0 Å². The number of nitro groups is 1. The van der Waals surface area contributed by atoms with Gasteiger partial charge in [0.25, 0.3) is 0 Å². The minimum atomic E-state index is -0.380. The molecule has 1 aliphatic rings. The molecule has 6 nitrogen and oxygen atoms in total. The maximum Gasteiger partial charge on any atom is 0.352 e. The molecule has 0 N–H and O–H groups in total. The first-order chi connectivity index (χ1) is 7.27. The van der Waals surface area contributed by atoms with Gasteiger partial charge in [0.2, 0.25) is 0 Å². The van der Waals surface area contributed by atoms with Gasteiger partial charge in [-0.2, -0.15) is 14.4 Å². The van der Waals surface area contributed by atoms with Crippen LogP contribution in [0.1, 0.15) is 24.5 Å². The number of hydrogen-bond acceptors (Lipinski definition) is 4. The number of rotatable bonds is 2. The summed E-state index contributed by atoms with van der Waals surface area (Å²) in [6.45, 7) is 0. The molecular formula is C9H8N4O2. The molecule has 0 aliphatic heterocycles. The van der Waals surface area contributed by atoms with Crippen molar-refractivity contribution in [2.45, 2.75) is 18.8 Å². The van der Waals surface area contributed by atoms with Crippen LogP contribution >= 0.6 is 0 Å². The van der Waals surface area contributed by atoms with Crippen LogP contribution in [0.2, 0.25) is 0 Å². The normalized spacial score (nSPS) is 15.7. The Balaban J connectivity index is 2.33. The molecule has 0 atom stereocenters. The molecule has 0 spiro atoms. The number of nitrogens with zero attached hydrogens (tertiary/aromatic N) is 4. The Labute approximate surface area is 84.7 Å². The summed E-state index contributed by atoms with van der Waals surface area (Å²) in [5, 5.41) is 10.9. The SMILES string of the molecule is O=[N+]([O-])c1c(C2CC2)nc2ncccn12. The number of imidazole rings is 1. The Morgan fingerprint density at radius 2 is 2.33 bits per heavy atom. The molecule has 0 bridgehead atoms. The smallest absolute Gasteiger partial charge is 0.352 e. The molecule has 1 fully saturated rings. The molecule has 2 aromatic heterocycles. The first kappa shape index (κ1) is 8.34. The van der Waals surface area contributed by atoms with E-state index in [9.17, 15) is 10.1 Å². The van der Waals surface area contributed by atoms with E-state index in [1.807, 2.05) is 0 Å². The number of fused-ring (bicyclic) bond motifs is 1. The van der Waals surface area contributed by atoms with Crippen molar-refractivity contribution in [2.75, 3.05) is 0 Å². The largest absolute Gasteiger partial charge is 0.358 e. The Bertz CT molecular complexity index is 544. The van der Waals surface area contributed by atoms with Crippen molar-refractivity contribution in [2.24, 2.45) is 0 Å². The van der Waals surface area contributed by atoms with Gasteiger partial charge in [-0.25, -0.2) is 0 Å². The molecule has 0 amide bonds. The standard InChI is InChI=1S/C9H8N4O2/c14-13(15)8-7(6-2-3-6)11-9-10-4-1-5-12(8)9/h1,4-6H,2-3H2. The average Bonchev–Trinajstić information content (AvgIpc) is 2.98. The van der Waals surface area contributed by atoms with Gasteiger partial charge in [0, 0.05) is 12.1 Å². The van der Waals surface area contributed by atoms with E-state index < -0.39 is 0 Å². The van der Waals surface area contributed by atoms with E-state index in [4.69, 9.17) is 0 Å². The predicted molar refractivity (Wildman–Crippen MR) is 51.6 cm³/mol. The molecule has 0 saturated heterocycles. The third kappa shape index (κ3) is 1.18. The van der Waals surface area contributed by atoms with Crippen molar-refractivity contribution in [3.05, 3.63) is 34.3 Å². The number of hydrogen-bond donors (Lipinski definition) is 0. The summed E-state index contributed by atoms with van der Waals surface area (Å²) >= 11 is 0. The Kier molecular flexibility index (Phi) is 1.53. The lowest BCUT2D eigenvalue weighted by Gasteiger charge is -1.94. The second kappa shape index (κ2) is 2.75. The van der Waals surface area contributed by atoms with Crippen LogP contribution in [0, 0.1) is 10.1 Å². The summed E-state index contributed by atoms with van der Waals surface area (Å²) in [6, 6.07) is 1.67. The van der Waals surface area contributed by atoms with E-state index in [2.05, 4.69) is 9.97 Å². The van der Waals surface area contributed by atoms with Crippen LogP contribution in [-0.2, 0) is 0 Å². The van der Waals surface area contributed by atoms with Gasteiger partial charge < -0.3 is 10.1 Å². The second-order valence-electron chi connectivity index (χ2n) is 3.64. The molecule has 2 heterocycles. The molecule has 2 aromatic rings. The van der Waals surface area contributed by atoms with E-state index in [0.29, 0.717) is 11.5 Å². The van der Waals surface area contributed by atoms with Crippen LogP contribution < -0.4 is 0 Å². The highest BCUT2D eigenvalue weighted by atomic mass is 16.6. The van der Waals surface area contributed by atoms with Gasteiger partial charge in [-0.3, -0.25) is 0 Å². The first-order valence-electron chi connectivity index (χ1n) is 4.75. The van der Waals surface area contributed by atoms with Crippen LogP contribution in [-0.4, -0.2) is 19.3 Å². The topological polar surface area (TPSA) is 73.3 Å².